The zero-order valence-electron chi connectivity index (χ0n) is 20.8. The van der Waals surface area contributed by atoms with Crippen LogP contribution in [0.25, 0.3) is 0 Å². The van der Waals surface area contributed by atoms with E-state index in [-0.39, 0.29) is 31.1 Å². The molecule has 1 heterocycles. The van der Waals surface area contributed by atoms with E-state index in [0.717, 1.165) is 5.56 Å². The van der Waals surface area contributed by atoms with Gasteiger partial charge in [-0.2, -0.15) is 0 Å². The van der Waals surface area contributed by atoms with Crippen molar-refractivity contribution in [2.24, 2.45) is 17.4 Å². The van der Waals surface area contributed by atoms with E-state index < -0.39 is 47.9 Å². The number of benzene rings is 1. The Bertz CT molecular complexity index is 938. The van der Waals surface area contributed by atoms with E-state index in [0.29, 0.717) is 25.8 Å². The number of carbonyl (C=O) groups is 5. The number of rotatable bonds is 13. The number of nitrogens with one attached hydrogen (secondary N) is 2. The van der Waals surface area contributed by atoms with Gasteiger partial charge in [0.1, 0.15) is 18.1 Å². The Labute approximate surface area is 211 Å². The first-order valence-corrected chi connectivity index (χ1v) is 12.2. The van der Waals surface area contributed by atoms with Crippen molar-refractivity contribution in [2.75, 3.05) is 6.54 Å². The third-order valence-electron chi connectivity index (χ3n) is 6.09. The largest absolute Gasteiger partial charge is 0.480 e. The minimum atomic E-state index is -1.35. The van der Waals surface area contributed by atoms with Crippen molar-refractivity contribution in [1.82, 2.24) is 15.5 Å². The Morgan fingerprint density at radius 3 is 2.33 bits per heavy atom. The summed E-state index contributed by atoms with van der Waals surface area (Å²) >= 11 is 0. The molecule has 0 bridgehead atoms. The monoisotopic (exact) mass is 503 g/mol. The fourth-order valence-electron chi connectivity index (χ4n) is 4.27. The maximum Gasteiger partial charge on any atom is 0.326 e. The lowest BCUT2D eigenvalue weighted by molar-refractivity contribution is -0.143. The molecule has 2 rings (SSSR count). The summed E-state index contributed by atoms with van der Waals surface area (Å²) in [6.45, 7) is 4.32. The third-order valence-corrected chi connectivity index (χ3v) is 6.09. The van der Waals surface area contributed by atoms with Crippen LogP contribution in [-0.4, -0.2) is 70.3 Å². The lowest BCUT2D eigenvalue weighted by Crippen LogP contribution is -2.57. The smallest absolute Gasteiger partial charge is 0.326 e. The Morgan fingerprint density at radius 1 is 1.08 bits per heavy atom. The average molecular weight is 504 g/mol. The van der Waals surface area contributed by atoms with Crippen molar-refractivity contribution in [1.29, 1.82) is 0 Å². The summed E-state index contributed by atoms with van der Waals surface area (Å²) in [5, 5.41) is 14.6. The van der Waals surface area contributed by atoms with Crippen molar-refractivity contribution in [2.45, 2.75) is 76.5 Å². The molecule has 198 valence electrons. The summed E-state index contributed by atoms with van der Waals surface area (Å²) in [6, 6.07) is 5.00. The number of aliphatic carboxylic acids is 1. The van der Waals surface area contributed by atoms with Crippen LogP contribution in [0.15, 0.2) is 30.3 Å². The van der Waals surface area contributed by atoms with Gasteiger partial charge in [0.25, 0.3) is 0 Å². The lowest BCUT2D eigenvalue weighted by Gasteiger charge is -2.29. The standard InChI is InChI=1S/C25H37N5O6/c1-15(2)13-17(26)24(34)30-12-6-9-20(30)23(33)29-19(14-16-7-4-3-5-8-16)22(32)28-18(25(35)36)10-11-21(27)31/h3-5,7-8,15,17-20H,6,9-14,26H2,1-2H3,(H2,27,31)(H,28,32)(H,29,33)(H,35,36). The number of carboxylic acids is 1. The molecule has 1 aromatic rings. The minimum absolute atomic E-state index is 0.105. The number of carbonyl (C=O) groups excluding carboxylic acids is 4. The first-order valence-electron chi connectivity index (χ1n) is 12.2. The van der Waals surface area contributed by atoms with E-state index in [9.17, 15) is 29.1 Å². The van der Waals surface area contributed by atoms with Crippen LogP contribution in [0.5, 0.6) is 0 Å². The Hall–Kier alpha value is -3.47. The van der Waals surface area contributed by atoms with Gasteiger partial charge in [0.15, 0.2) is 0 Å². The van der Waals surface area contributed by atoms with Crippen molar-refractivity contribution in [3.63, 3.8) is 0 Å². The fourth-order valence-corrected chi connectivity index (χ4v) is 4.27. The maximum atomic E-state index is 13.2. The molecule has 4 amide bonds. The van der Waals surface area contributed by atoms with Gasteiger partial charge in [-0.05, 0) is 37.2 Å². The molecule has 1 aliphatic heterocycles. The van der Waals surface area contributed by atoms with Gasteiger partial charge in [-0.25, -0.2) is 4.79 Å². The predicted molar refractivity (Wildman–Crippen MR) is 132 cm³/mol. The number of primary amides is 1. The van der Waals surface area contributed by atoms with Gasteiger partial charge < -0.3 is 32.1 Å². The van der Waals surface area contributed by atoms with Crippen LogP contribution in [0.2, 0.25) is 0 Å². The minimum Gasteiger partial charge on any atom is -0.480 e. The van der Waals surface area contributed by atoms with E-state index >= 15 is 0 Å². The van der Waals surface area contributed by atoms with E-state index in [4.69, 9.17) is 11.5 Å². The van der Waals surface area contributed by atoms with Crippen LogP contribution in [0.3, 0.4) is 0 Å². The summed E-state index contributed by atoms with van der Waals surface area (Å²) in [6.07, 6.45) is 1.26. The number of hydrogen-bond acceptors (Lipinski definition) is 6. The lowest BCUT2D eigenvalue weighted by atomic mass is 10.0. The predicted octanol–water partition coefficient (Wildman–Crippen LogP) is -0.0868. The van der Waals surface area contributed by atoms with Gasteiger partial charge in [-0.15, -0.1) is 0 Å². The molecule has 7 N–H and O–H groups in total. The van der Waals surface area contributed by atoms with Crippen LogP contribution in [0.1, 0.15) is 51.5 Å². The molecule has 0 saturated carbocycles. The van der Waals surface area contributed by atoms with Gasteiger partial charge in [0.2, 0.25) is 23.6 Å². The molecule has 4 unspecified atom stereocenters. The molecule has 1 saturated heterocycles. The summed E-state index contributed by atoms with van der Waals surface area (Å²) in [7, 11) is 0. The average Bonchev–Trinajstić information content (AvgIpc) is 3.30. The number of nitrogens with two attached hydrogens (primary N) is 2. The number of nitrogens with zero attached hydrogens (tertiary/aromatic N) is 1. The summed E-state index contributed by atoms with van der Waals surface area (Å²) in [4.78, 5) is 63.4. The summed E-state index contributed by atoms with van der Waals surface area (Å²) in [5.41, 5.74) is 11.9. The zero-order chi connectivity index (χ0) is 26.8. The van der Waals surface area contributed by atoms with Gasteiger partial charge in [0, 0.05) is 19.4 Å². The van der Waals surface area contributed by atoms with Crippen molar-refractivity contribution < 1.29 is 29.1 Å². The highest BCUT2D eigenvalue weighted by Gasteiger charge is 2.38. The van der Waals surface area contributed by atoms with Crippen LogP contribution in [0, 0.1) is 5.92 Å². The first kappa shape index (κ1) is 28.8. The molecule has 36 heavy (non-hydrogen) atoms. The van der Waals surface area contributed by atoms with Crippen molar-refractivity contribution >= 4 is 29.6 Å². The highest BCUT2D eigenvalue weighted by Crippen LogP contribution is 2.20. The number of carboxylic acid groups (broad SMARTS) is 1. The van der Waals surface area contributed by atoms with Gasteiger partial charge in [-0.3, -0.25) is 19.2 Å². The Balaban J connectivity index is 2.18. The number of hydrogen-bond donors (Lipinski definition) is 5. The highest BCUT2D eigenvalue weighted by molar-refractivity contribution is 5.94. The van der Waals surface area contributed by atoms with Crippen LogP contribution < -0.4 is 22.1 Å². The maximum absolute atomic E-state index is 13.2. The molecule has 0 aromatic heterocycles. The Kier molecular flexibility index (Phi) is 10.8. The molecule has 1 aromatic carbocycles. The summed E-state index contributed by atoms with van der Waals surface area (Å²) < 4.78 is 0. The molecule has 0 radical (unpaired) electrons. The topological polar surface area (TPSA) is 185 Å². The second kappa shape index (κ2) is 13.6. The van der Waals surface area contributed by atoms with Gasteiger partial charge in [0.05, 0.1) is 6.04 Å². The van der Waals surface area contributed by atoms with E-state index in [2.05, 4.69) is 10.6 Å². The quantitative estimate of drug-likeness (QED) is 0.249. The molecule has 11 nitrogen and oxygen atoms in total. The molecule has 0 aliphatic carbocycles. The number of amides is 4. The van der Waals surface area contributed by atoms with Crippen LogP contribution >= 0.6 is 0 Å². The molecule has 1 aliphatic rings. The molecule has 11 heteroatoms. The van der Waals surface area contributed by atoms with Gasteiger partial charge in [-0.1, -0.05) is 44.2 Å². The van der Waals surface area contributed by atoms with Crippen molar-refractivity contribution in [3.8, 4) is 0 Å². The molecule has 1 fully saturated rings. The number of likely N-dealkylation sites (tertiary alicyclic amines) is 1. The third kappa shape index (κ3) is 8.63. The molecule has 4 atom stereocenters. The zero-order valence-corrected chi connectivity index (χ0v) is 20.8. The fraction of sp³-hybridized carbons (Fsp3) is 0.560. The second-order valence-corrected chi connectivity index (χ2v) is 9.58. The SMILES string of the molecule is CC(C)CC(N)C(=O)N1CCCC1C(=O)NC(Cc1ccccc1)C(=O)NC(CCC(N)=O)C(=O)O. The molecular weight excluding hydrogens is 466 g/mol. The Morgan fingerprint density at radius 2 is 1.75 bits per heavy atom. The summed E-state index contributed by atoms with van der Waals surface area (Å²) in [5.74, 6) is -3.31. The second-order valence-electron chi connectivity index (χ2n) is 9.58. The molecular formula is C25H37N5O6. The van der Waals surface area contributed by atoms with E-state index in [1.54, 1.807) is 24.3 Å². The van der Waals surface area contributed by atoms with Crippen LogP contribution in [0.4, 0.5) is 0 Å². The van der Waals surface area contributed by atoms with Crippen LogP contribution in [-0.2, 0) is 30.4 Å². The normalized spacial score (nSPS) is 17.8. The molecule has 0 spiro atoms. The van der Waals surface area contributed by atoms with Gasteiger partial charge >= 0.3 is 5.97 Å². The van der Waals surface area contributed by atoms with E-state index in [1.165, 1.54) is 4.90 Å². The first-order chi connectivity index (χ1) is 17.0. The van der Waals surface area contributed by atoms with Crippen molar-refractivity contribution in [3.05, 3.63) is 35.9 Å². The highest BCUT2D eigenvalue weighted by atomic mass is 16.4. The van der Waals surface area contributed by atoms with E-state index in [1.807, 2.05) is 19.9 Å².